The second kappa shape index (κ2) is 9.83. The summed E-state index contributed by atoms with van der Waals surface area (Å²) in [6.07, 6.45) is 1.06. The van der Waals surface area contributed by atoms with Gasteiger partial charge in [0.1, 0.15) is 6.04 Å². The summed E-state index contributed by atoms with van der Waals surface area (Å²) in [5.74, 6) is -1.43. The molecule has 0 radical (unpaired) electrons. The van der Waals surface area contributed by atoms with Crippen LogP contribution in [0.25, 0.3) is 0 Å². The average molecular weight is 324 g/mol. The Morgan fingerprint density at radius 1 is 1.14 bits per heavy atom. The van der Waals surface area contributed by atoms with Crippen LogP contribution < -0.4 is 10.6 Å². The second-order valence-corrected chi connectivity index (χ2v) is 5.64. The molecule has 0 saturated heterocycles. The Morgan fingerprint density at radius 3 is 2.36 bits per heavy atom. The molecule has 22 heavy (non-hydrogen) atoms. The summed E-state index contributed by atoms with van der Waals surface area (Å²) in [5, 5.41) is 14.1. The zero-order chi connectivity index (χ0) is 16.4. The number of nitrogens with one attached hydrogen (secondary N) is 2. The van der Waals surface area contributed by atoms with Crippen LogP contribution in [0.4, 0.5) is 5.69 Å². The maximum Gasteiger partial charge on any atom is 0.326 e. The quantitative estimate of drug-likeness (QED) is 0.643. The monoisotopic (exact) mass is 324 g/mol. The molecule has 1 rings (SSSR count). The van der Waals surface area contributed by atoms with Crippen molar-refractivity contribution in [2.45, 2.75) is 25.8 Å². The van der Waals surface area contributed by atoms with Gasteiger partial charge >= 0.3 is 5.97 Å². The number of carbonyl (C=O) groups excluding carboxylic acids is 2. The molecule has 0 aliphatic heterocycles. The lowest BCUT2D eigenvalue weighted by atomic mass is 10.2. The number of hydrogen-bond donors (Lipinski definition) is 3. The fraction of sp³-hybridized carbons (Fsp3) is 0.400. The summed E-state index contributed by atoms with van der Waals surface area (Å²) >= 11 is 1.14. The summed E-state index contributed by atoms with van der Waals surface area (Å²) in [4.78, 5) is 34.2. The van der Waals surface area contributed by atoms with Crippen molar-refractivity contribution in [2.24, 2.45) is 0 Å². The van der Waals surface area contributed by atoms with Crippen molar-refractivity contribution in [3.63, 3.8) is 0 Å². The lowest BCUT2D eigenvalue weighted by Gasteiger charge is -2.13. The SMILES string of the molecule is CCCC(NC(=O)CSCC(=O)Nc1ccccc1)C(=O)O. The maximum absolute atomic E-state index is 11.7. The molecule has 0 fully saturated rings. The number of rotatable bonds is 9. The van der Waals surface area contributed by atoms with Gasteiger partial charge in [0.15, 0.2) is 0 Å². The lowest BCUT2D eigenvalue weighted by molar-refractivity contribution is -0.141. The Labute approximate surface area is 133 Å². The van der Waals surface area contributed by atoms with Gasteiger partial charge in [-0.25, -0.2) is 4.79 Å². The predicted molar refractivity (Wildman–Crippen MR) is 86.9 cm³/mol. The number of benzene rings is 1. The molecular weight excluding hydrogens is 304 g/mol. The molecule has 0 saturated carbocycles. The highest BCUT2D eigenvalue weighted by molar-refractivity contribution is 8.00. The molecule has 0 aliphatic rings. The van der Waals surface area contributed by atoms with E-state index in [2.05, 4.69) is 10.6 Å². The highest BCUT2D eigenvalue weighted by Gasteiger charge is 2.18. The zero-order valence-corrected chi connectivity index (χ0v) is 13.2. The van der Waals surface area contributed by atoms with E-state index < -0.39 is 12.0 Å². The molecule has 2 amide bonds. The van der Waals surface area contributed by atoms with Crippen LogP contribution in [0.3, 0.4) is 0 Å². The standard InChI is InChI=1S/C15H20N2O4S/c1-2-6-12(15(20)21)17-14(19)10-22-9-13(18)16-11-7-4-3-5-8-11/h3-5,7-8,12H,2,6,9-10H2,1H3,(H,16,18)(H,17,19)(H,20,21). The van der Waals surface area contributed by atoms with Crippen LogP contribution >= 0.6 is 11.8 Å². The Hall–Kier alpha value is -2.02. The molecule has 0 heterocycles. The minimum absolute atomic E-state index is 0.0513. The van der Waals surface area contributed by atoms with Gasteiger partial charge in [0, 0.05) is 5.69 Å². The first-order valence-corrected chi connectivity index (χ1v) is 8.13. The van der Waals surface area contributed by atoms with Crippen LogP contribution in [-0.4, -0.2) is 40.4 Å². The first-order chi connectivity index (χ1) is 10.5. The van der Waals surface area contributed by atoms with Crippen molar-refractivity contribution in [3.8, 4) is 0 Å². The summed E-state index contributed by atoms with van der Waals surface area (Å²) in [7, 11) is 0. The molecule has 0 aromatic heterocycles. The van der Waals surface area contributed by atoms with Crippen LogP contribution in [0.2, 0.25) is 0 Å². The molecule has 7 heteroatoms. The fourth-order valence-corrected chi connectivity index (χ4v) is 2.37. The van der Waals surface area contributed by atoms with E-state index in [0.717, 1.165) is 11.8 Å². The Morgan fingerprint density at radius 2 is 1.77 bits per heavy atom. The number of aliphatic carboxylic acids is 1. The van der Waals surface area contributed by atoms with E-state index in [9.17, 15) is 14.4 Å². The largest absolute Gasteiger partial charge is 0.480 e. The Kier molecular flexibility index (Phi) is 8.06. The smallest absolute Gasteiger partial charge is 0.326 e. The summed E-state index contributed by atoms with van der Waals surface area (Å²) in [6.45, 7) is 1.85. The summed E-state index contributed by atoms with van der Waals surface area (Å²) in [5.41, 5.74) is 0.700. The van der Waals surface area contributed by atoms with Gasteiger partial charge in [-0.2, -0.15) is 0 Å². The number of amides is 2. The topological polar surface area (TPSA) is 95.5 Å². The normalized spacial score (nSPS) is 11.5. The van der Waals surface area contributed by atoms with Crippen molar-refractivity contribution in [1.29, 1.82) is 0 Å². The van der Waals surface area contributed by atoms with Crippen molar-refractivity contribution >= 4 is 35.2 Å². The molecule has 1 unspecified atom stereocenters. The second-order valence-electron chi connectivity index (χ2n) is 4.65. The van der Waals surface area contributed by atoms with Gasteiger partial charge in [0.05, 0.1) is 11.5 Å². The number of thioether (sulfide) groups is 1. The highest BCUT2D eigenvalue weighted by atomic mass is 32.2. The molecule has 0 bridgehead atoms. The number of carboxylic acid groups (broad SMARTS) is 1. The fourth-order valence-electron chi connectivity index (χ4n) is 1.74. The van der Waals surface area contributed by atoms with Gasteiger partial charge in [-0.15, -0.1) is 11.8 Å². The lowest BCUT2D eigenvalue weighted by Crippen LogP contribution is -2.41. The van der Waals surface area contributed by atoms with E-state index in [4.69, 9.17) is 5.11 Å². The van der Waals surface area contributed by atoms with E-state index in [1.54, 1.807) is 12.1 Å². The van der Waals surface area contributed by atoms with Gasteiger partial charge in [-0.3, -0.25) is 9.59 Å². The minimum Gasteiger partial charge on any atom is -0.480 e. The molecule has 0 aliphatic carbocycles. The maximum atomic E-state index is 11.7. The zero-order valence-electron chi connectivity index (χ0n) is 12.4. The Balaban J connectivity index is 2.26. The third-order valence-corrected chi connectivity index (χ3v) is 3.67. The number of anilines is 1. The summed E-state index contributed by atoms with van der Waals surface area (Å²) in [6, 6.07) is 8.17. The van der Waals surface area contributed by atoms with E-state index >= 15 is 0 Å². The van der Waals surface area contributed by atoms with Crippen molar-refractivity contribution in [2.75, 3.05) is 16.8 Å². The van der Waals surface area contributed by atoms with Gasteiger partial charge in [0.25, 0.3) is 0 Å². The first kappa shape index (κ1) is 18.0. The first-order valence-electron chi connectivity index (χ1n) is 6.97. The van der Waals surface area contributed by atoms with Crippen molar-refractivity contribution < 1.29 is 19.5 Å². The number of hydrogen-bond acceptors (Lipinski definition) is 4. The van der Waals surface area contributed by atoms with Crippen LogP contribution in [0.5, 0.6) is 0 Å². The molecule has 1 aromatic rings. The molecule has 120 valence electrons. The van der Waals surface area contributed by atoms with Crippen LogP contribution in [0, 0.1) is 0 Å². The third kappa shape index (κ3) is 7.12. The minimum atomic E-state index is -1.04. The molecular formula is C15H20N2O4S. The molecule has 0 spiro atoms. The predicted octanol–water partition coefficient (Wildman–Crippen LogP) is 1.73. The van der Waals surface area contributed by atoms with E-state index in [1.165, 1.54) is 0 Å². The molecule has 1 atom stereocenters. The number of carbonyl (C=O) groups is 3. The third-order valence-electron chi connectivity index (χ3n) is 2.73. The van der Waals surface area contributed by atoms with Gasteiger partial charge in [-0.1, -0.05) is 31.5 Å². The number of carboxylic acids is 1. The molecule has 6 nitrogen and oxygen atoms in total. The molecule has 3 N–H and O–H groups in total. The number of para-hydroxylation sites is 1. The van der Waals surface area contributed by atoms with Crippen LogP contribution in [0.15, 0.2) is 30.3 Å². The van der Waals surface area contributed by atoms with Gasteiger partial charge in [-0.05, 0) is 18.6 Å². The molecule has 1 aromatic carbocycles. The highest BCUT2D eigenvalue weighted by Crippen LogP contribution is 2.07. The summed E-state index contributed by atoms with van der Waals surface area (Å²) < 4.78 is 0. The van der Waals surface area contributed by atoms with Crippen LogP contribution in [-0.2, 0) is 14.4 Å². The Bertz CT molecular complexity index is 508. The van der Waals surface area contributed by atoms with Crippen molar-refractivity contribution in [1.82, 2.24) is 5.32 Å². The van der Waals surface area contributed by atoms with E-state index in [1.807, 2.05) is 25.1 Å². The van der Waals surface area contributed by atoms with Gasteiger partial charge in [0.2, 0.25) is 11.8 Å². The average Bonchev–Trinajstić information content (AvgIpc) is 2.47. The van der Waals surface area contributed by atoms with Crippen molar-refractivity contribution in [3.05, 3.63) is 30.3 Å². The van der Waals surface area contributed by atoms with Crippen LogP contribution in [0.1, 0.15) is 19.8 Å². The van der Waals surface area contributed by atoms with E-state index in [-0.39, 0.29) is 23.3 Å². The van der Waals surface area contributed by atoms with Gasteiger partial charge < -0.3 is 15.7 Å². The van der Waals surface area contributed by atoms with E-state index in [0.29, 0.717) is 18.5 Å².